The van der Waals surface area contributed by atoms with Gasteiger partial charge < -0.3 is 9.47 Å². The molecule has 0 N–H and O–H groups in total. The predicted octanol–water partition coefficient (Wildman–Crippen LogP) is 4.07. The Bertz CT molecular complexity index is 987. The van der Waals surface area contributed by atoms with Crippen molar-refractivity contribution in [3.05, 3.63) is 71.8 Å². The maximum Gasteiger partial charge on any atom is 0.242 e. The summed E-state index contributed by atoms with van der Waals surface area (Å²) in [5.74, 6) is 1.29. The Morgan fingerprint density at radius 1 is 1.17 bits per heavy atom. The highest BCUT2D eigenvalue weighted by atomic mass is 32.2. The van der Waals surface area contributed by atoms with Gasteiger partial charge >= 0.3 is 0 Å². The fourth-order valence-corrected chi connectivity index (χ4v) is 4.26. The number of nitrogens with zero attached hydrogens (tertiary/aromatic N) is 3. The van der Waals surface area contributed by atoms with Gasteiger partial charge in [0.1, 0.15) is 0 Å². The summed E-state index contributed by atoms with van der Waals surface area (Å²) in [5, 5.41) is 8.87. The average Bonchev–Trinajstić information content (AvgIpc) is 3.04. The molecule has 0 aliphatic carbocycles. The maximum atomic E-state index is 12.9. The molecule has 0 aromatic heterocycles. The Kier molecular flexibility index (Phi) is 7.30. The van der Waals surface area contributed by atoms with Gasteiger partial charge in [-0.05, 0) is 48.2 Å². The summed E-state index contributed by atoms with van der Waals surface area (Å²) in [4.78, 5) is 14.5. The summed E-state index contributed by atoms with van der Waals surface area (Å²) in [6, 6.07) is 13.6. The highest BCUT2D eigenvalue weighted by molar-refractivity contribution is 8.15. The highest BCUT2D eigenvalue weighted by Crippen LogP contribution is 2.31. The van der Waals surface area contributed by atoms with Gasteiger partial charge in [-0.25, -0.2) is 0 Å². The van der Waals surface area contributed by atoms with E-state index in [9.17, 15) is 4.79 Å². The quantitative estimate of drug-likeness (QED) is 0.365. The molecule has 1 atom stereocenters. The molecule has 0 saturated carbocycles. The van der Waals surface area contributed by atoms with E-state index in [-0.39, 0.29) is 11.2 Å². The minimum absolute atomic E-state index is 0.0308. The van der Waals surface area contributed by atoms with Crippen molar-refractivity contribution in [2.75, 3.05) is 20.8 Å². The summed E-state index contributed by atoms with van der Waals surface area (Å²) < 4.78 is 10.6. The normalized spacial score (nSPS) is 17.7. The summed E-state index contributed by atoms with van der Waals surface area (Å²) in [5.41, 5.74) is 3.16. The Morgan fingerprint density at radius 3 is 2.63 bits per heavy atom. The zero-order chi connectivity index (χ0) is 21.5. The lowest BCUT2D eigenvalue weighted by Gasteiger charge is -2.13. The lowest BCUT2D eigenvalue weighted by Crippen LogP contribution is -2.32. The van der Waals surface area contributed by atoms with E-state index in [1.165, 1.54) is 17.3 Å². The fraction of sp³-hybridized carbons (Fsp3) is 0.261. The Labute approximate surface area is 181 Å². The molecule has 0 radical (unpaired) electrons. The van der Waals surface area contributed by atoms with E-state index in [1.807, 2.05) is 30.3 Å². The van der Waals surface area contributed by atoms with E-state index in [1.54, 1.807) is 31.4 Å². The molecule has 6 nitrogen and oxygen atoms in total. The molecular formula is C23H25N3O3S. The van der Waals surface area contributed by atoms with Crippen LogP contribution in [0, 0.1) is 6.92 Å². The second-order valence-corrected chi connectivity index (χ2v) is 7.89. The molecule has 0 spiro atoms. The Balaban J connectivity index is 1.78. The summed E-state index contributed by atoms with van der Waals surface area (Å²) in [6.45, 7) is 6.22. The molecule has 1 heterocycles. The fourth-order valence-electron chi connectivity index (χ4n) is 3.13. The lowest BCUT2D eigenvalue weighted by atomic mass is 10.0. The second-order valence-electron chi connectivity index (χ2n) is 6.72. The van der Waals surface area contributed by atoms with E-state index in [0.717, 1.165) is 11.1 Å². The van der Waals surface area contributed by atoms with Crippen molar-refractivity contribution in [1.29, 1.82) is 0 Å². The maximum absolute atomic E-state index is 12.9. The molecule has 1 saturated heterocycles. The molecule has 30 heavy (non-hydrogen) atoms. The second kappa shape index (κ2) is 10.1. The Hall–Kier alpha value is -3.06. The van der Waals surface area contributed by atoms with Gasteiger partial charge in [-0.2, -0.15) is 5.10 Å². The average molecular weight is 424 g/mol. The van der Waals surface area contributed by atoms with Crippen molar-refractivity contribution in [3.63, 3.8) is 0 Å². The predicted molar refractivity (Wildman–Crippen MR) is 123 cm³/mol. The minimum Gasteiger partial charge on any atom is -0.493 e. The molecule has 3 rings (SSSR count). The highest BCUT2D eigenvalue weighted by Gasteiger charge is 2.37. The third kappa shape index (κ3) is 4.91. The van der Waals surface area contributed by atoms with Crippen LogP contribution in [0.3, 0.4) is 0 Å². The smallest absolute Gasteiger partial charge is 0.242 e. The van der Waals surface area contributed by atoms with Crippen LogP contribution in [0.4, 0.5) is 0 Å². The van der Waals surface area contributed by atoms with Crippen LogP contribution < -0.4 is 9.47 Å². The van der Waals surface area contributed by atoms with Gasteiger partial charge in [-0.3, -0.25) is 9.69 Å². The van der Waals surface area contributed by atoms with Gasteiger partial charge in [0.05, 0.1) is 25.7 Å². The summed E-state index contributed by atoms with van der Waals surface area (Å²) in [7, 11) is 3.18. The molecule has 1 unspecified atom stereocenters. The molecular weight excluding hydrogens is 398 g/mol. The third-order valence-electron chi connectivity index (χ3n) is 4.76. The Morgan fingerprint density at radius 2 is 1.93 bits per heavy atom. The van der Waals surface area contributed by atoms with Gasteiger partial charge in [-0.15, -0.1) is 11.7 Å². The topological polar surface area (TPSA) is 63.5 Å². The number of hydrogen-bond acceptors (Lipinski definition) is 6. The van der Waals surface area contributed by atoms with E-state index < -0.39 is 0 Å². The molecule has 7 heteroatoms. The molecule has 156 valence electrons. The molecule has 1 fully saturated rings. The molecule has 1 aliphatic rings. The van der Waals surface area contributed by atoms with E-state index in [2.05, 4.69) is 35.8 Å². The van der Waals surface area contributed by atoms with Crippen LogP contribution in [0.2, 0.25) is 0 Å². The van der Waals surface area contributed by atoms with Crippen molar-refractivity contribution in [1.82, 2.24) is 4.90 Å². The van der Waals surface area contributed by atoms with E-state index in [0.29, 0.717) is 29.6 Å². The number of amidine groups is 1. The van der Waals surface area contributed by atoms with Gasteiger partial charge in [0.2, 0.25) is 5.91 Å². The number of aryl methyl sites for hydroxylation is 1. The number of rotatable bonds is 8. The van der Waals surface area contributed by atoms with Crippen molar-refractivity contribution in [3.8, 4) is 11.5 Å². The van der Waals surface area contributed by atoms with Crippen molar-refractivity contribution >= 4 is 29.1 Å². The minimum atomic E-state index is -0.221. The zero-order valence-corrected chi connectivity index (χ0v) is 18.2. The van der Waals surface area contributed by atoms with Crippen LogP contribution in [-0.2, 0) is 11.2 Å². The van der Waals surface area contributed by atoms with Gasteiger partial charge in [0.25, 0.3) is 0 Å². The SMILES string of the molecule is C=CCN1C(=O)C(Cc2ccccc2C)S/C1=N/N=C/c1ccc(OC)c(OC)c1. The van der Waals surface area contributed by atoms with Crippen LogP contribution in [0.1, 0.15) is 16.7 Å². The van der Waals surface area contributed by atoms with Gasteiger partial charge in [0, 0.05) is 6.54 Å². The lowest BCUT2D eigenvalue weighted by molar-refractivity contribution is -0.125. The summed E-state index contributed by atoms with van der Waals surface area (Å²) in [6.07, 6.45) is 3.98. The van der Waals surface area contributed by atoms with Crippen LogP contribution in [0.25, 0.3) is 0 Å². The molecule has 2 aromatic rings. The number of carbonyl (C=O) groups is 1. The molecule has 2 aromatic carbocycles. The number of amides is 1. The number of carbonyl (C=O) groups excluding carboxylic acids is 1. The van der Waals surface area contributed by atoms with Crippen molar-refractivity contribution in [2.45, 2.75) is 18.6 Å². The standard InChI is InChI=1S/C23H25N3O3S/c1-5-12-26-22(27)21(14-18-9-7-6-8-16(18)2)30-23(26)25-24-15-17-10-11-19(28-3)20(13-17)29-4/h5-11,13,15,21H,1,12,14H2,2-4H3/b24-15+,25-23+. The number of ether oxygens (including phenoxy) is 2. The third-order valence-corrected chi connectivity index (χ3v) is 5.92. The first-order chi connectivity index (χ1) is 14.6. The number of thioether (sulfide) groups is 1. The first-order valence-electron chi connectivity index (χ1n) is 9.53. The number of hydrogen-bond donors (Lipinski definition) is 0. The monoisotopic (exact) mass is 423 g/mol. The van der Waals surface area contributed by atoms with E-state index >= 15 is 0 Å². The largest absolute Gasteiger partial charge is 0.493 e. The number of benzene rings is 2. The first kappa shape index (κ1) is 21.6. The van der Waals surface area contributed by atoms with Crippen LogP contribution in [0.15, 0.2) is 65.3 Å². The zero-order valence-electron chi connectivity index (χ0n) is 17.4. The van der Waals surface area contributed by atoms with Gasteiger partial charge in [-0.1, -0.05) is 42.1 Å². The number of methoxy groups -OCH3 is 2. The molecule has 0 bridgehead atoms. The van der Waals surface area contributed by atoms with Crippen LogP contribution in [-0.4, -0.2) is 48.2 Å². The molecule has 1 amide bonds. The van der Waals surface area contributed by atoms with Crippen LogP contribution in [0.5, 0.6) is 11.5 Å². The van der Waals surface area contributed by atoms with Crippen molar-refractivity contribution in [2.24, 2.45) is 10.2 Å². The van der Waals surface area contributed by atoms with Gasteiger partial charge in [0.15, 0.2) is 16.7 Å². The first-order valence-corrected chi connectivity index (χ1v) is 10.4. The van der Waals surface area contributed by atoms with E-state index in [4.69, 9.17) is 9.47 Å². The van der Waals surface area contributed by atoms with Crippen molar-refractivity contribution < 1.29 is 14.3 Å². The summed E-state index contributed by atoms with van der Waals surface area (Å²) >= 11 is 1.44. The van der Waals surface area contributed by atoms with Crippen LogP contribution >= 0.6 is 11.8 Å². The molecule has 1 aliphatic heterocycles.